The molecule has 3 aromatic rings. The molecule has 2 atom stereocenters. The Bertz CT molecular complexity index is 912. The number of piperidine rings is 1. The van der Waals surface area contributed by atoms with Crippen LogP contribution in [0.5, 0.6) is 5.75 Å². The average Bonchev–Trinajstić information content (AvgIpc) is 2.83. The molecule has 31 heavy (non-hydrogen) atoms. The highest BCUT2D eigenvalue weighted by Crippen LogP contribution is 2.30. The lowest BCUT2D eigenvalue weighted by Crippen LogP contribution is -2.40. The number of aryl methyl sites for hydroxylation is 1. The molecule has 3 aromatic carbocycles. The number of halogens is 1. The van der Waals surface area contributed by atoms with Crippen LogP contribution in [0.4, 0.5) is 0 Å². The maximum Gasteiger partial charge on any atom is 0.119 e. The van der Waals surface area contributed by atoms with Gasteiger partial charge in [0, 0.05) is 16.9 Å². The van der Waals surface area contributed by atoms with Crippen LogP contribution in [0.1, 0.15) is 35.4 Å². The normalized spacial score (nSPS) is 18.6. The molecule has 0 amide bonds. The number of hydrogen-bond donors (Lipinski definition) is 1. The van der Waals surface area contributed by atoms with Crippen molar-refractivity contribution in [2.75, 3.05) is 19.7 Å². The molecule has 1 aliphatic heterocycles. The summed E-state index contributed by atoms with van der Waals surface area (Å²) in [6.45, 7) is 3.29. The quantitative estimate of drug-likeness (QED) is 0.374. The number of ether oxygens (including phenoxy) is 2. The number of nitrogens with one attached hydrogen (secondary N) is 1. The van der Waals surface area contributed by atoms with Crippen LogP contribution in [0.15, 0.2) is 83.3 Å². The van der Waals surface area contributed by atoms with Crippen LogP contribution < -0.4 is 10.1 Å². The summed E-state index contributed by atoms with van der Waals surface area (Å²) in [6.07, 6.45) is 3.33. The first-order valence-corrected chi connectivity index (χ1v) is 11.9. The first kappa shape index (κ1) is 22.1. The zero-order valence-corrected chi connectivity index (χ0v) is 19.4. The number of rotatable bonds is 9. The van der Waals surface area contributed by atoms with E-state index in [1.165, 1.54) is 16.7 Å². The van der Waals surface area contributed by atoms with Gasteiger partial charge in [-0.25, -0.2) is 0 Å². The third-order valence-electron chi connectivity index (χ3n) is 5.83. The van der Waals surface area contributed by atoms with E-state index in [0.29, 0.717) is 12.5 Å². The molecule has 162 valence electrons. The van der Waals surface area contributed by atoms with Crippen molar-refractivity contribution < 1.29 is 9.47 Å². The minimum absolute atomic E-state index is 0.176. The molecule has 1 heterocycles. The maximum absolute atomic E-state index is 6.32. The van der Waals surface area contributed by atoms with Crippen molar-refractivity contribution in [3.8, 4) is 5.75 Å². The molecular weight excluding hydrogens is 450 g/mol. The Balaban J connectivity index is 1.28. The Morgan fingerprint density at radius 3 is 2.42 bits per heavy atom. The molecule has 0 saturated carbocycles. The lowest BCUT2D eigenvalue weighted by atomic mass is 9.87. The molecule has 0 bridgehead atoms. The molecule has 1 saturated heterocycles. The molecule has 0 unspecified atom stereocenters. The molecule has 1 aliphatic rings. The maximum atomic E-state index is 6.32. The van der Waals surface area contributed by atoms with E-state index in [-0.39, 0.29) is 6.10 Å². The van der Waals surface area contributed by atoms with Crippen LogP contribution in [0, 0.1) is 0 Å². The fraction of sp³-hybridized carbons (Fsp3) is 0.333. The Kier molecular flexibility index (Phi) is 8.17. The van der Waals surface area contributed by atoms with Gasteiger partial charge in [-0.05, 0) is 66.8 Å². The molecule has 4 heteroatoms. The van der Waals surface area contributed by atoms with E-state index < -0.39 is 0 Å². The summed E-state index contributed by atoms with van der Waals surface area (Å²) in [5.41, 5.74) is 3.90. The number of benzene rings is 3. The Morgan fingerprint density at radius 2 is 1.65 bits per heavy atom. The summed E-state index contributed by atoms with van der Waals surface area (Å²) in [5, 5.41) is 3.48. The average molecular weight is 480 g/mol. The molecule has 0 aromatic heterocycles. The van der Waals surface area contributed by atoms with Crippen molar-refractivity contribution in [2.45, 2.75) is 37.9 Å². The zero-order valence-electron chi connectivity index (χ0n) is 17.8. The minimum atomic E-state index is 0.176. The second-order valence-corrected chi connectivity index (χ2v) is 9.00. The first-order valence-electron chi connectivity index (χ1n) is 11.1. The second kappa shape index (κ2) is 11.5. The monoisotopic (exact) mass is 479 g/mol. The highest BCUT2D eigenvalue weighted by atomic mass is 79.9. The standard InChI is InChI=1S/C27H30BrNO2/c28-24-12-8-22(9-13-24)20-31-27-19-29-17-16-26(27)23-10-14-25(15-11-23)30-18-4-7-21-5-2-1-3-6-21/h1-3,5-6,8-15,26-27,29H,4,7,16-20H2/t26-,27+/m1/s1. The van der Waals surface area contributed by atoms with E-state index in [4.69, 9.17) is 9.47 Å². The van der Waals surface area contributed by atoms with Gasteiger partial charge >= 0.3 is 0 Å². The van der Waals surface area contributed by atoms with E-state index >= 15 is 0 Å². The van der Waals surface area contributed by atoms with Gasteiger partial charge in [0.05, 0.1) is 19.3 Å². The summed E-state index contributed by atoms with van der Waals surface area (Å²) < 4.78 is 13.4. The molecule has 4 rings (SSSR count). The van der Waals surface area contributed by atoms with E-state index in [1.54, 1.807) is 0 Å². The van der Waals surface area contributed by atoms with Gasteiger partial charge in [-0.3, -0.25) is 0 Å². The highest BCUT2D eigenvalue weighted by molar-refractivity contribution is 9.10. The summed E-state index contributed by atoms with van der Waals surface area (Å²) >= 11 is 3.49. The Hall–Kier alpha value is -2.14. The van der Waals surface area contributed by atoms with Crippen LogP contribution >= 0.6 is 15.9 Å². The molecule has 0 spiro atoms. The molecule has 0 radical (unpaired) electrons. The van der Waals surface area contributed by atoms with Gasteiger partial charge in [0.15, 0.2) is 0 Å². The summed E-state index contributed by atoms with van der Waals surface area (Å²) in [7, 11) is 0. The predicted octanol–water partition coefficient (Wildman–Crippen LogP) is 6.12. The van der Waals surface area contributed by atoms with Crippen molar-refractivity contribution in [3.63, 3.8) is 0 Å². The third-order valence-corrected chi connectivity index (χ3v) is 6.36. The fourth-order valence-electron chi connectivity index (χ4n) is 4.09. The Labute approximate surface area is 193 Å². The smallest absolute Gasteiger partial charge is 0.119 e. The van der Waals surface area contributed by atoms with E-state index in [2.05, 4.69) is 100 Å². The fourth-order valence-corrected chi connectivity index (χ4v) is 4.36. The zero-order chi connectivity index (χ0) is 21.3. The molecule has 0 aliphatic carbocycles. The van der Waals surface area contributed by atoms with Crippen molar-refractivity contribution in [3.05, 3.63) is 100 Å². The van der Waals surface area contributed by atoms with Gasteiger partial charge in [-0.2, -0.15) is 0 Å². The van der Waals surface area contributed by atoms with Gasteiger partial charge in [0.1, 0.15) is 5.75 Å². The highest BCUT2D eigenvalue weighted by Gasteiger charge is 2.27. The second-order valence-electron chi connectivity index (χ2n) is 8.08. The van der Waals surface area contributed by atoms with Gasteiger partial charge in [0.2, 0.25) is 0 Å². The van der Waals surface area contributed by atoms with E-state index in [1.807, 2.05) is 0 Å². The van der Waals surface area contributed by atoms with Gasteiger partial charge in [-0.1, -0.05) is 70.5 Å². The molecule has 1 fully saturated rings. The van der Waals surface area contributed by atoms with Crippen LogP contribution in [-0.4, -0.2) is 25.8 Å². The first-order chi connectivity index (χ1) is 15.3. The van der Waals surface area contributed by atoms with Crippen LogP contribution in [-0.2, 0) is 17.8 Å². The molecule has 1 N–H and O–H groups in total. The summed E-state index contributed by atoms with van der Waals surface area (Å²) in [4.78, 5) is 0. The van der Waals surface area contributed by atoms with Crippen molar-refractivity contribution in [1.29, 1.82) is 0 Å². The van der Waals surface area contributed by atoms with Gasteiger partial charge < -0.3 is 14.8 Å². The minimum Gasteiger partial charge on any atom is -0.494 e. The third kappa shape index (κ3) is 6.67. The van der Waals surface area contributed by atoms with Crippen LogP contribution in [0.3, 0.4) is 0 Å². The summed E-state index contributed by atoms with van der Waals surface area (Å²) in [6, 6.07) is 27.5. The number of hydrogen-bond acceptors (Lipinski definition) is 3. The van der Waals surface area contributed by atoms with E-state index in [9.17, 15) is 0 Å². The Morgan fingerprint density at radius 1 is 0.871 bits per heavy atom. The predicted molar refractivity (Wildman–Crippen MR) is 130 cm³/mol. The molecular formula is C27H30BrNO2. The lowest BCUT2D eigenvalue weighted by Gasteiger charge is -2.32. The van der Waals surface area contributed by atoms with Crippen LogP contribution in [0.2, 0.25) is 0 Å². The van der Waals surface area contributed by atoms with Crippen molar-refractivity contribution in [1.82, 2.24) is 5.32 Å². The van der Waals surface area contributed by atoms with Gasteiger partial charge in [-0.15, -0.1) is 0 Å². The lowest BCUT2D eigenvalue weighted by molar-refractivity contribution is 0.0106. The topological polar surface area (TPSA) is 30.5 Å². The molecule has 3 nitrogen and oxygen atoms in total. The van der Waals surface area contributed by atoms with Gasteiger partial charge in [0.25, 0.3) is 0 Å². The summed E-state index contributed by atoms with van der Waals surface area (Å²) in [5.74, 6) is 1.35. The van der Waals surface area contributed by atoms with Crippen molar-refractivity contribution in [2.24, 2.45) is 0 Å². The van der Waals surface area contributed by atoms with E-state index in [0.717, 1.165) is 49.2 Å². The SMILES string of the molecule is Brc1ccc(CO[C@H]2CNCC[C@@H]2c2ccc(OCCCc3ccccc3)cc2)cc1. The largest absolute Gasteiger partial charge is 0.494 e. The van der Waals surface area contributed by atoms with Crippen molar-refractivity contribution >= 4 is 15.9 Å². The van der Waals surface area contributed by atoms with Crippen LogP contribution in [0.25, 0.3) is 0 Å².